The van der Waals surface area contributed by atoms with E-state index in [9.17, 15) is 28.8 Å². The Labute approximate surface area is 293 Å². The highest BCUT2D eigenvalue weighted by Gasteiger charge is 2.26. The third-order valence-corrected chi connectivity index (χ3v) is 11.3. The van der Waals surface area contributed by atoms with E-state index in [1.54, 1.807) is 50.2 Å². The van der Waals surface area contributed by atoms with Gasteiger partial charge in [-0.25, -0.2) is 9.59 Å². The van der Waals surface area contributed by atoms with E-state index < -0.39 is 47.9 Å². The molecule has 6 N–H and O–H groups in total. The van der Waals surface area contributed by atoms with Crippen LogP contribution in [0.25, 0.3) is 10.8 Å². The van der Waals surface area contributed by atoms with E-state index in [4.69, 9.17) is 20.9 Å². The van der Waals surface area contributed by atoms with Gasteiger partial charge < -0.3 is 31.6 Å². The van der Waals surface area contributed by atoms with Gasteiger partial charge in [0, 0.05) is 34.1 Å². The van der Waals surface area contributed by atoms with Gasteiger partial charge in [0.05, 0.1) is 25.3 Å². The second kappa shape index (κ2) is 21.0. The average Bonchev–Trinajstić information content (AvgIpc) is 3.05. The Bertz CT molecular complexity index is 1300. The molecule has 252 valence electrons. The second-order valence-corrected chi connectivity index (χ2v) is 14.7. The Balaban J connectivity index is 2.13. The monoisotopic (exact) mass is 748 g/mol. The molecule has 0 bridgehead atoms. The highest BCUT2D eigenvalue weighted by molar-refractivity contribution is 8.82. The number of ether oxygens (including phenoxy) is 2. The molecule has 0 saturated carbocycles. The molecule has 0 aromatic heterocycles. The van der Waals surface area contributed by atoms with Crippen LogP contribution in [0.1, 0.15) is 34.6 Å². The van der Waals surface area contributed by atoms with Crippen LogP contribution in [-0.4, -0.2) is 94.4 Å². The number of carbonyl (C=O) groups excluding carboxylic acids is 6. The zero-order valence-corrected chi connectivity index (χ0v) is 30.0. The third kappa shape index (κ3) is 12.9. The van der Waals surface area contributed by atoms with Crippen LogP contribution < -0.4 is 22.1 Å². The first-order valence-corrected chi connectivity index (χ1v) is 19.7. The minimum Gasteiger partial charge on any atom is -0.464 e. The predicted molar refractivity (Wildman–Crippen MR) is 193 cm³/mol. The van der Waals surface area contributed by atoms with Crippen molar-refractivity contribution >= 4 is 113 Å². The zero-order valence-electron chi connectivity index (χ0n) is 25.0. The molecule has 2 amide bonds. The van der Waals surface area contributed by atoms with Crippen LogP contribution in [0.4, 0.5) is 0 Å². The van der Waals surface area contributed by atoms with E-state index in [0.717, 1.165) is 43.2 Å². The van der Waals surface area contributed by atoms with Crippen LogP contribution in [0.5, 0.6) is 0 Å². The van der Waals surface area contributed by atoms with Gasteiger partial charge in [-0.2, -0.15) is 25.3 Å². The predicted octanol–water partition coefficient (Wildman–Crippen LogP) is 2.49. The van der Waals surface area contributed by atoms with Gasteiger partial charge in [0.25, 0.3) is 11.8 Å². The van der Waals surface area contributed by atoms with Crippen LogP contribution in [0, 0.1) is 0 Å². The van der Waals surface area contributed by atoms with Crippen LogP contribution in [0.3, 0.4) is 0 Å². The van der Waals surface area contributed by atoms with Crippen LogP contribution in [0.2, 0.25) is 0 Å². The molecule has 2 aromatic carbocycles. The summed E-state index contributed by atoms with van der Waals surface area (Å²) in [6, 6.07) is 6.05. The van der Waals surface area contributed by atoms with Gasteiger partial charge in [-0.1, -0.05) is 33.7 Å². The summed E-state index contributed by atoms with van der Waals surface area (Å²) in [7, 11) is 3.90. The Kier molecular flexibility index (Phi) is 18.3. The van der Waals surface area contributed by atoms with E-state index in [1.165, 1.54) is 0 Å². The van der Waals surface area contributed by atoms with Crippen LogP contribution in [0.15, 0.2) is 36.4 Å². The van der Waals surface area contributed by atoms with Crippen molar-refractivity contribution in [2.24, 2.45) is 11.5 Å². The number of nitrogens with two attached hydrogens (primary N) is 2. The molecule has 12 nitrogen and oxygen atoms in total. The number of fused-ring (bicyclic) bond motifs is 1. The van der Waals surface area contributed by atoms with Crippen LogP contribution in [-0.2, 0) is 28.7 Å². The molecule has 0 saturated heterocycles. The molecule has 2 aromatic rings. The summed E-state index contributed by atoms with van der Waals surface area (Å²) in [5.74, 6) is -1.86. The average molecular weight is 749 g/mol. The molecule has 2 unspecified atom stereocenters. The Hall–Kier alpha value is -2.06. The number of hydrogen-bond acceptors (Lipinski definition) is 16. The quantitative estimate of drug-likeness (QED) is 0.0739. The second-order valence-electron chi connectivity index (χ2n) is 9.28. The van der Waals surface area contributed by atoms with E-state index in [-0.39, 0.29) is 57.6 Å². The summed E-state index contributed by atoms with van der Waals surface area (Å²) in [5.41, 5.74) is 11.9. The van der Waals surface area contributed by atoms with Crippen LogP contribution >= 0.6 is 68.4 Å². The van der Waals surface area contributed by atoms with Crippen molar-refractivity contribution in [1.29, 1.82) is 0 Å². The van der Waals surface area contributed by atoms with Gasteiger partial charge in [0.2, 0.25) is 10.2 Å². The largest absolute Gasteiger partial charge is 0.464 e. The number of carbonyl (C=O) groups is 6. The highest BCUT2D eigenvalue weighted by Crippen LogP contribution is 2.26. The fraction of sp³-hybridized carbons (Fsp3) is 0.429. The maximum atomic E-state index is 13.1. The van der Waals surface area contributed by atoms with Gasteiger partial charge in [0.1, 0.15) is 12.1 Å². The summed E-state index contributed by atoms with van der Waals surface area (Å²) in [5, 5.41) is 5.99. The van der Waals surface area contributed by atoms with E-state index in [1.807, 2.05) is 0 Å². The Morgan fingerprint density at radius 1 is 0.696 bits per heavy atom. The lowest BCUT2D eigenvalue weighted by molar-refractivity contribution is -0.145. The molecule has 0 radical (unpaired) electrons. The van der Waals surface area contributed by atoms with Crippen molar-refractivity contribution in [2.75, 3.05) is 36.2 Å². The molecule has 46 heavy (non-hydrogen) atoms. The lowest BCUT2D eigenvalue weighted by Gasteiger charge is -2.18. The summed E-state index contributed by atoms with van der Waals surface area (Å²) in [4.78, 5) is 75.1. The van der Waals surface area contributed by atoms with E-state index >= 15 is 0 Å². The Morgan fingerprint density at radius 3 is 1.39 bits per heavy atom. The maximum Gasteiger partial charge on any atom is 0.329 e. The molecule has 0 fully saturated rings. The number of rotatable bonds is 18. The smallest absolute Gasteiger partial charge is 0.329 e. The SMILES string of the molecule is CCOC(=O)C(CSSC(=O)[C@@H](N)CS)NC(=O)c1ccc2cc(C(=O)NC(CSSC(=O)[C@@H](N)CS)C(=O)OCC)ccc2c1. The molecule has 4 atom stereocenters. The van der Waals surface area contributed by atoms with Gasteiger partial charge in [-0.05, 0) is 70.5 Å². The number of amides is 2. The molecule has 0 aliphatic rings. The molecule has 0 spiro atoms. The van der Waals surface area contributed by atoms with Crippen molar-refractivity contribution in [3.05, 3.63) is 47.5 Å². The molecule has 0 aliphatic carbocycles. The summed E-state index contributed by atoms with van der Waals surface area (Å²) in [6.45, 7) is 3.51. The van der Waals surface area contributed by atoms with Gasteiger partial charge >= 0.3 is 11.9 Å². The molecular formula is C28H36N4O8S6. The minimum absolute atomic E-state index is 0.0653. The molecule has 0 aliphatic heterocycles. The fourth-order valence-electron chi connectivity index (χ4n) is 3.43. The van der Waals surface area contributed by atoms with Crippen molar-refractivity contribution in [1.82, 2.24) is 10.6 Å². The topological polar surface area (TPSA) is 197 Å². The first kappa shape index (κ1) is 40.1. The number of thiol groups is 2. The highest BCUT2D eigenvalue weighted by atomic mass is 33.1. The van der Waals surface area contributed by atoms with Gasteiger partial charge in [-0.15, -0.1) is 0 Å². The lowest BCUT2D eigenvalue weighted by atomic mass is 10.0. The number of hydrogen-bond donors (Lipinski definition) is 6. The summed E-state index contributed by atoms with van der Waals surface area (Å²) < 4.78 is 10.2. The minimum atomic E-state index is -1.02. The van der Waals surface area contributed by atoms with Gasteiger partial charge in [0.15, 0.2) is 0 Å². The van der Waals surface area contributed by atoms with E-state index in [2.05, 4.69) is 35.9 Å². The number of benzene rings is 2. The first-order valence-electron chi connectivity index (χ1n) is 13.8. The first-order chi connectivity index (χ1) is 21.9. The molecule has 2 rings (SSSR count). The summed E-state index contributed by atoms with van der Waals surface area (Å²) >= 11 is 8.01. The maximum absolute atomic E-state index is 13.1. The fourth-order valence-corrected chi connectivity index (χ4v) is 8.16. The third-order valence-electron chi connectivity index (χ3n) is 5.87. The zero-order chi connectivity index (χ0) is 34.2. The molecular weight excluding hydrogens is 713 g/mol. The van der Waals surface area contributed by atoms with Crippen molar-refractivity contribution < 1.29 is 38.2 Å². The van der Waals surface area contributed by atoms with Gasteiger partial charge in [-0.3, -0.25) is 19.2 Å². The number of nitrogens with one attached hydrogen (secondary N) is 2. The normalized spacial score (nSPS) is 13.6. The summed E-state index contributed by atoms with van der Waals surface area (Å²) in [6.07, 6.45) is 0. The Morgan fingerprint density at radius 2 is 1.07 bits per heavy atom. The van der Waals surface area contributed by atoms with E-state index in [0.29, 0.717) is 10.8 Å². The lowest BCUT2D eigenvalue weighted by Crippen LogP contribution is -2.43. The standard InChI is InChI=1S/C28H36N4O8S6/c1-3-39-25(35)21(13-43-45-27(37)19(29)11-41)31-23(33)17-7-5-16-10-18(8-6-15(16)9-17)24(34)32-22(26(36)40-4-2)14-44-46-28(38)20(30)12-42/h5-10,19-22,41-42H,3-4,11-14,29-30H2,1-2H3,(H,31,33)(H,32,34)/t19-,20-,21?,22?/m0/s1. The van der Waals surface area contributed by atoms with Crippen molar-refractivity contribution in [3.63, 3.8) is 0 Å². The molecule has 0 heterocycles. The van der Waals surface area contributed by atoms with Crippen molar-refractivity contribution in [3.8, 4) is 0 Å². The number of esters is 2. The van der Waals surface area contributed by atoms with Crippen molar-refractivity contribution in [2.45, 2.75) is 38.0 Å². The molecule has 18 heteroatoms.